The predicted molar refractivity (Wildman–Crippen MR) is 95.5 cm³/mol. The maximum atomic E-state index is 14.6. The first-order valence-corrected chi connectivity index (χ1v) is 9.43. The van der Waals surface area contributed by atoms with Crippen LogP contribution >= 0.6 is 11.3 Å². The number of fused-ring (bicyclic) bond motifs is 1. The van der Waals surface area contributed by atoms with Crippen LogP contribution < -0.4 is 0 Å². The van der Waals surface area contributed by atoms with Crippen LogP contribution in [-0.4, -0.2) is 37.2 Å². The van der Waals surface area contributed by atoms with Crippen LogP contribution in [-0.2, 0) is 0 Å². The van der Waals surface area contributed by atoms with Gasteiger partial charge in [-0.3, -0.25) is 4.90 Å². The lowest BCUT2D eigenvalue weighted by molar-refractivity contribution is 0.123. The highest BCUT2D eigenvalue weighted by Gasteiger charge is 2.34. The van der Waals surface area contributed by atoms with Crippen LogP contribution in [0.25, 0.3) is 4.96 Å². The average Bonchev–Trinajstić information content (AvgIpc) is 3.09. The van der Waals surface area contributed by atoms with E-state index in [1.54, 1.807) is 13.0 Å². The van der Waals surface area contributed by atoms with Gasteiger partial charge in [0.15, 0.2) is 0 Å². The molecule has 0 radical (unpaired) electrons. The normalized spacial score (nSPS) is 20.2. The van der Waals surface area contributed by atoms with Gasteiger partial charge < -0.3 is 5.11 Å². The Morgan fingerprint density at radius 1 is 1.32 bits per heavy atom. The number of piperidine rings is 1. The molecule has 7 heteroatoms. The molecule has 5 nitrogen and oxygen atoms in total. The van der Waals surface area contributed by atoms with Crippen LogP contribution in [0.3, 0.4) is 0 Å². The molecule has 2 atom stereocenters. The fraction of sp³-hybridized carbons (Fsp3) is 0.444. The van der Waals surface area contributed by atoms with Gasteiger partial charge in [0.2, 0.25) is 10.8 Å². The van der Waals surface area contributed by atoms with Gasteiger partial charge in [0, 0.05) is 11.6 Å². The van der Waals surface area contributed by atoms with Crippen molar-refractivity contribution < 1.29 is 9.50 Å². The highest BCUT2D eigenvalue weighted by molar-refractivity contribution is 7.17. The van der Waals surface area contributed by atoms with Crippen LogP contribution in [0.2, 0.25) is 0 Å². The number of hydrogen-bond donors (Lipinski definition) is 1. The molecule has 3 heterocycles. The summed E-state index contributed by atoms with van der Waals surface area (Å²) < 4.78 is 16.1. The number of aromatic hydroxyl groups is 1. The molecule has 3 aromatic rings. The predicted octanol–water partition coefficient (Wildman–Crippen LogP) is 3.91. The number of likely N-dealkylation sites (tertiary alicyclic amines) is 1. The van der Waals surface area contributed by atoms with E-state index in [1.807, 2.05) is 12.1 Å². The van der Waals surface area contributed by atoms with Gasteiger partial charge in [-0.05, 0) is 39.3 Å². The molecule has 4 rings (SSSR count). The van der Waals surface area contributed by atoms with E-state index in [1.165, 1.54) is 28.3 Å². The van der Waals surface area contributed by atoms with Gasteiger partial charge in [0.05, 0.1) is 10.9 Å². The summed E-state index contributed by atoms with van der Waals surface area (Å²) in [5.74, 6) is 0.424. The van der Waals surface area contributed by atoms with E-state index in [4.69, 9.17) is 0 Å². The highest BCUT2D eigenvalue weighted by atomic mass is 32.1. The van der Waals surface area contributed by atoms with Gasteiger partial charge in [-0.25, -0.2) is 9.37 Å². The lowest BCUT2D eigenvalue weighted by atomic mass is 9.96. The lowest BCUT2D eigenvalue weighted by Crippen LogP contribution is -2.40. The van der Waals surface area contributed by atoms with Crippen molar-refractivity contribution in [1.29, 1.82) is 0 Å². The Morgan fingerprint density at radius 3 is 2.84 bits per heavy atom. The van der Waals surface area contributed by atoms with Crippen molar-refractivity contribution in [3.05, 3.63) is 46.3 Å². The number of nitrogens with zero attached hydrogens (tertiary/aromatic N) is 4. The van der Waals surface area contributed by atoms with Crippen molar-refractivity contribution in [3.8, 4) is 5.88 Å². The van der Waals surface area contributed by atoms with Crippen molar-refractivity contribution >= 4 is 16.3 Å². The number of hydrogen-bond acceptors (Lipinski definition) is 5. The van der Waals surface area contributed by atoms with Gasteiger partial charge in [0.25, 0.3) is 0 Å². The van der Waals surface area contributed by atoms with Crippen LogP contribution in [0.15, 0.2) is 24.3 Å². The molecule has 25 heavy (non-hydrogen) atoms. The maximum absolute atomic E-state index is 14.6. The molecular weight excluding hydrogens is 339 g/mol. The Labute approximate surface area is 149 Å². The number of halogens is 1. The van der Waals surface area contributed by atoms with Crippen LogP contribution in [0, 0.1) is 12.7 Å². The Kier molecular flexibility index (Phi) is 4.21. The van der Waals surface area contributed by atoms with Crippen LogP contribution in [0.4, 0.5) is 4.39 Å². The van der Waals surface area contributed by atoms with Gasteiger partial charge in [0.1, 0.15) is 11.6 Å². The third kappa shape index (κ3) is 2.81. The summed E-state index contributed by atoms with van der Waals surface area (Å²) in [7, 11) is 0. The summed E-state index contributed by atoms with van der Waals surface area (Å²) >= 11 is 1.38. The van der Waals surface area contributed by atoms with Crippen molar-refractivity contribution in [1.82, 2.24) is 19.5 Å². The lowest BCUT2D eigenvalue weighted by Gasteiger charge is -2.39. The zero-order valence-corrected chi connectivity index (χ0v) is 15.1. The van der Waals surface area contributed by atoms with Crippen molar-refractivity contribution in [2.45, 2.75) is 45.2 Å². The van der Waals surface area contributed by atoms with Crippen molar-refractivity contribution in [2.75, 3.05) is 6.54 Å². The fourth-order valence-electron chi connectivity index (χ4n) is 3.70. The van der Waals surface area contributed by atoms with Crippen LogP contribution in [0.5, 0.6) is 5.88 Å². The van der Waals surface area contributed by atoms with E-state index in [0.717, 1.165) is 19.4 Å². The summed E-state index contributed by atoms with van der Waals surface area (Å²) in [5.41, 5.74) is 0.591. The Balaban J connectivity index is 1.88. The quantitative estimate of drug-likeness (QED) is 0.769. The minimum Gasteiger partial charge on any atom is -0.492 e. The number of aryl methyl sites for hydroxylation is 1. The largest absolute Gasteiger partial charge is 0.492 e. The summed E-state index contributed by atoms with van der Waals surface area (Å²) in [6.07, 6.45) is 3.34. The number of benzene rings is 1. The molecule has 0 amide bonds. The average molecular weight is 360 g/mol. The molecule has 1 saturated heterocycles. The van der Waals surface area contributed by atoms with Crippen molar-refractivity contribution in [2.24, 2.45) is 0 Å². The number of rotatable bonds is 3. The third-order valence-electron chi connectivity index (χ3n) is 4.94. The smallest absolute Gasteiger partial charge is 0.230 e. The first-order valence-electron chi connectivity index (χ1n) is 8.61. The van der Waals surface area contributed by atoms with E-state index < -0.39 is 0 Å². The van der Waals surface area contributed by atoms with Crippen LogP contribution in [0.1, 0.15) is 48.5 Å². The summed E-state index contributed by atoms with van der Waals surface area (Å²) in [6.45, 7) is 4.84. The molecule has 1 aliphatic rings. The van der Waals surface area contributed by atoms with Gasteiger partial charge in [-0.2, -0.15) is 4.52 Å². The first kappa shape index (κ1) is 16.5. The molecule has 1 aromatic carbocycles. The molecular formula is C18H21FN4OS. The van der Waals surface area contributed by atoms with E-state index in [0.29, 0.717) is 27.3 Å². The molecule has 0 bridgehead atoms. The highest BCUT2D eigenvalue weighted by Crippen LogP contribution is 2.42. The summed E-state index contributed by atoms with van der Waals surface area (Å²) in [5, 5.41) is 15.0. The molecule has 2 aromatic heterocycles. The summed E-state index contributed by atoms with van der Waals surface area (Å²) in [6, 6.07) is 6.82. The first-order chi connectivity index (χ1) is 12.1. The third-order valence-corrected chi connectivity index (χ3v) is 6.01. The molecule has 0 saturated carbocycles. The SMILES string of the molecule is Cc1nc2sc(C(c3ccccc3F)N3CCCCC3C)c(O)n2n1. The zero-order chi connectivity index (χ0) is 17.6. The molecule has 0 aliphatic carbocycles. The van der Waals surface area contributed by atoms with E-state index in [9.17, 15) is 9.50 Å². The fourth-order valence-corrected chi connectivity index (χ4v) is 4.84. The molecule has 132 valence electrons. The Morgan fingerprint density at radius 2 is 2.12 bits per heavy atom. The second-order valence-corrected chi connectivity index (χ2v) is 7.66. The topological polar surface area (TPSA) is 53.7 Å². The van der Waals surface area contributed by atoms with E-state index in [2.05, 4.69) is 21.9 Å². The maximum Gasteiger partial charge on any atom is 0.230 e. The summed E-state index contributed by atoms with van der Waals surface area (Å²) in [4.78, 5) is 7.98. The second-order valence-electron chi connectivity index (χ2n) is 6.65. The zero-order valence-electron chi connectivity index (χ0n) is 14.3. The van der Waals surface area contributed by atoms with Gasteiger partial charge in [-0.1, -0.05) is 36.0 Å². The van der Waals surface area contributed by atoms with E-state index in [-0.39, 0.29) is 17.7 Å². The Hall–Kier alpha value is -1.99. The van der Waals surface area contributed by atoms with Gasteiger partial charge >= 0.3 is 0 Å². The Bertz CT molecular complexity index is 906. The van der Waals surface area contributed by atoms with E-state index >= 15 is 0 Å². The number of aromatic nitrogens is 3. The minimum absolute atomic E-state index is 0.0617. The molecule has 1 fully saturated rings. The molecule has 1 N–H and O–H groups in total. The van der Waals surface area contributed by atoms with Gasteiger partial charge in [-0.15, -0.1) is 5.10 Å². The monoisotopic (exact) mass is 360 g/mol. The molecule has 0 spiro atoms. The standard InChI is InChI=1S/C18H21FN4OS/c1-11-7-5-6-10-22(11)15(13-8-3-4-9-14(13)19)16-17(24)23-18(25-16)20-12(2)21-23/h3-4,8-9,11,15,24H,5-7,10H2,1-2H3. The minimum atomic E-state index is -0.328. The molecule has 2 unspecified atom stereocenters. The van der Waals surface area contributed by atoms with Crippen molar-refractivity contribution in [3.63, 3.8) is 0 Å². The second kappa shape index (κ2) is 6.38. The molecule has 1 aliphatic heterocycles. The number of thiazole rings is 1.